The van der Waals surface area contributed by atoms with Gasteiger partial charge in [-0.3, -0.25) is 4.79 Å². The first kappa shape index (κ1) is 17.5. The van der Waals surface area contributed by atoms with E-state index in [4.69, 9.17) is 0 Å². The first-order valence-corrected chi connectivity index (χ1v) is 8.00. The highest BCUT2D eigenvalue weighted by molar-refractivity contribution is 5.82. The molecule has 8 heteroatoms. The number of carbonyl (C=O) groups excluding carboxylic acids is 1. The number of imidazole rings is 1. The van der Waals surface area contributed by atoms with E-state index in [0.717, 1.165) is 6.20 Å². The van der Waals surface area contributed by atoms with Crippen LogP contribution in [0.25, 0.3) is 0 Å². The van der Waals surface area contributed by atoms with E-state index in [0.29, 0.717) is 37.3 Å². The summed E-state index contributed by atoms with van der Waals surface area (Å²) < 4.78 is 37.9. The second kappa shape index (κ2) is 6.87. The maximum atomic E-state index is 12.6. The number of H-pyrrole nitrogens is 1. The zero-order chi connectivity index (χ0) is 18.0. The number of amides is 1. The van der Waals surface area contributed by atoms with Gasteiger partial charge in [0.2, 0.25) is 0 Å². The SMILES string of the molecule is O=C(C(O)c1ccccc1)N1CCC(c2ncc(C(F)(F)F)[nH]2)CC1. The molecule has 134 valence electrons. The first-order valence-electron chi connectivity index (χ1n) is 8.00. The molecule has 2 N–H and O–H groups in total. The first-order chi connectivity index (χ1) is 11.9. The third kappa shape index (κ3) is 3.84. The Labute approximate surface area is 142 Å². The Kier molecular flexibility index (Phi) is 4.80. The quantitative estimate of drug-likeness (QED) is 0.892. The molecule has 0 bridgehead atoms. The Morgan fingerprint density at radius 3 is 2.44 bits per heavy atom. The number of halogens is 3. The van der Waals surface area contributed by atoms with Crippen LogP contribution in [0.5, 0.6) is 0 Å². The smallest absolute Gasteiger partial charge is 0.378 e. The number of benzene rings is 1. The molecule has 1 amide bonds. The molecule has 1 aliphatic heterocycles. The van der Waals surface area contributed by atoms with Crippen molar-refractivity contribution in [2.24, 2.45) is 0 Å². The lowest BCUT2D eigenvalue weighted by atomic mass is 9.95. The van der Waals surface area contributed by atoms with Crippen LogP contribution in [0.1, 0.15) is 41.9 Å². The van der Waals surface area contributed by atoms with Crippen molar-refractivity contribution in [1.29, 1.82) is 0 Å². The Morgan fingerprint density at radius 1 is 1.24 bits per heavy atom. The molecule has 1 unspecified atom stereocenters. The summed E-state index contributed by atoms with van der Waals surface area (Å²) in [7, 11) is 0. The second-order valence-electron chi connectivity index (χ2n) is 6.09. The largest absolute Gasteiger partial charge is 0.432 e. The minimum atomic E-state index is -4.44. The van der Waals surface area contributed by atoms with Crippen molar-refractivity contribution < 1.29 is 23.1 Å². The van der Waals surface area contributed by atoms with Gasteiger partial charge in [0.1, 0.15) is 11.5 Å². The van der Waals surface area contributed by atoms with Gasteiger partial charge in [-0.2, -0.15) is 13.2 Å². The summed E-state index contributed by atoms with van der Waals surface area (Å²) in [6, 6.07) is 8.64. The molecule has 1 saturated heterocycles. The molecule has 1 fully saturated rings. The Morgan fingerprint density at radius 2 is 1.88 bits per heavy atom. The summed E-state index contributed by atoms with van der Waals surface area (Å²) in [6.45, 7) is 0.741. The number of likely N-dealkylation sites (tertiary alicyclic amines) is 1. The maximum absolute atomic E-state index is 12.6. The number of rotatable bonds is 3. The fraction of sp³-hybridized carbons (Fsp3) is 0.412. The standard InChI is InChI=1S/C17H18F3N3O2/c18-17(19,20)13-10-21-15(22-13)12-6-8-23(9-7-12)16(25)14(24)11-4-2-1-3-5-11/h1-5,10,12,14,24H,6-9H2,(H,21,22). The predicted octanol–water partition coefficient (Wildman–Crippen LogP) is 2.87. The van der Waals surface area contributed by atoms with Crippen LogP contribution < -0.4 is 0 Å². The Balaban J connectivity index is 1.60. The number of aromatic amines is 1. The van der Waals surface area contributed by atoms with Gasteiger partial charge in [0.25, 0.3) is 5.91 Å². The summed E-state index contributed by atoms with van der Waals surface area (Å²) in [5.41, 5.74) is -0.337. The molecule has 0 radical (unpaired) electrons. The van der Waals surface area contributed by atoms with Crippen LogP contribution >= 0.6 is 0 Å². The fourth-order valence-corrected chi connectivity index (χ4v) is 3.01. The molecule has 2 aromatic rings. The minimum Gasteiger partial charge on any atom is -0.378 e. The van der Waals surface area contributed by atoms with Gasteiger partial charge in [0.15, 0.2) is 6.10 Å². The summed E-state index contributed by atoms with van der Waals surface area (Å²) >= 11 is 0. The zero-order valence-electron chi connectivity index (χ0n) is 13.3. The average molecular weight is 353 g/mol. The van der Waals surface area contributed by atoms with E-state index >= 15 is 0 Å². The highest BCUT2D eigenvalue weighted by Gasteiger charge is 2.35. The number of aliphatic hydroxyl groups is 1. The molecule has 25 heavy (non-hydrogen) atoms. The van der Waals surface area contributed by atoms with Crippen LogP contribution in [-0.2, 0) is 11.0 Å². The highest BCUT2D eigenvalue weighted by Crippen LogP contribution is 2.32. The molecule has 0 aliphatic carbocycles. The lowest BCUT2D eigenvalue weighted by molar-refractivity contribution is -0.141. The van der Waals surface area contributed by atoms with Crippen LogP contribution in [0, 0.1) is 0 Å². The Hall–Kier alpha value is -2.35. The molecule has 0 saturated carbocycles. The average Bonchev–Trinajstić information content (AvgIpc) is 3.12. The van der Waals surface area contributed by atoms with E-state index in [2.05, 4.69) is 9.97 Å². The molecule has 0 spiro atoms. The molecule has 2 heterocycles. The van der Waals surface area contributed by atoms with Crippen molar-refractivity contribution in [3.8, 4) is 0 Å². The number of alkyl halides is 3. The molecular weight excluding hydrogens is 335 g/mol. The number of aromatic nitrogens is 2. The zero-order valence-corrected chi connectivity index (χ0v) is 13.3. The van der Waals surface area contributed by atoms with Crippen molar-refractivity contribution in [3.05, 3.63) is 53.6 Å². The molecule has 1 aliphatic rings. The fourth-order valence-electron chi connectivity index (χ4n) is 3.01. The lowest BCUT2D eigenvalue weighted by Gasteiger charge is -2.32. The molecule has 1 atom stereocenters. The molecule has 5 nitrogen and oxygen atoms in total. The van der Waals surface area contributed by atoms with Crippen LogP contribution in [0.15, 0.2) is 36.5 Å². The van der Waals surface area contributed by atoms with E-state index in [-0.39, 0.29) is 11.8 Å². The van der Waals surface area contributed by atoms with Crippen LogP contribution in [0.2, 0.25) is 0 Å². The van der Waals surface area contributed by atoms with Gasteiger partial charge in [-0.05, 0) is 18.4 Å². The van der Waals surface area contributed by atoms with Crippen molar-refractivity contribution in [1.82, 2.24) is 14.9 Å². The van der Waals surface area contributed by atoms with Crippen molar-refractivity contribution >= 4 is 5.91 Å². The normalized spacial score (nSPS) is 17.5. The third-order valence-electron chi connectivity index (χ3n) is 4.44. The number of aliphatic hydroxyl groups excluding tert-OH is 1. The topological polar surface area (TPSA) is 69.2 Å². The van der Waals surface area contributed by atoms with Crippen LogP contribution in [-0.4, -0.2) is 39.0 Å². The van der Waals surface area contributed by atoms with E-state index in [9.17, 15) is 23.1 Å². The molecule has 1 aromatic carbocycles. The molecular formula is C17H18F3N3O2. The number of nitrogens with zero attached hydrogens (tertiary/aromatic N) is 2. The summed E-state index contributed by atoms with van der Waals surface area (Å²) in [5, 5.41) is 10.2. The number of piperidine rings is 1. The van der Waals surface area contributed by atoms with Crippen LogP contribution in [0.4, 0.5) is 13.2 Å². The summed E-state index contributed by atoms with van der Waals surface area (Å²) in [4.78, 5) is 20.1. The van der Waals surface area contributed by atoms with Crippen molar-refractivity contribution in [2.75, 3.05) is 13.1 Å². The van der Waals surface area contributed by atoms with Gasteiger partial charge in [-0.15, -0.1) is 0 Å². The van der Waals surface area contributed by atoms with E-state index in [1.165, 1.54) is 0 Å². The van der Waals surface area contributed by atoms with Gasteiger partial charge >= 0.3 is 6.18 Å². The number of hydrogen-bond acceptors (Lipinski definition) is 3. The second-order valence-corrected chi connectivity index (χ2v) is 6.09. The van der Waals surface area contributed by atoms with E-state index in [1.54, 1.807) is 35.2 Å². The predicted molar refractivity (Wildman–Crippen MR) is 83.5 cm³/mol. The van der Waals surface area contributed by atoms with Crippen molar-refractivity contribution in [2.45, 2.75) is 31.0 Å². The Bertz CT molecular complexity index is 722. The monoisotopic (exact) mass is 353 g/mol. The van der Waals surface area contributed by atoms with Gasteiger partial charge in [-0.25, -0.2) is 4.98 Å². The summed E-state index contributed by atoms with van der Waals surface area (Å²) in [5.74, 6) is -0.253. The van der Waals surface area contributed by atoms with Gasteiger partial charge < -0.3 is 15.0 Å². The number of nitrogens with one attached hydrogen (secondary N) is 1. The van der Waals surface area contributed by atoms with Gasteiger partial charge in [0.05, 0.1) is 6.20 Å². The summed E-state index contributed by atoms with van der Waals surface area (Å²) in [6.07, 6.45) is -3.87. The highest BCUT2D eigenvalue weighted by atomic mass is 19.4. The van der Waals surface area contributed by atoms with E-state index < -0.39 is 18.0 Å². The van der Waals surface area contributed by atoms with Crippen molar-refractivity contribution in [3.63, 3.8) is 0 Å². The third-order valence-corrected chi connectivity index (χ3v) is 4.44. The van der Waals surface area contributed by atoms with Gasteiger partial charge in [0, 0.05) is 19.0 Å². The van der Waals surface area contributed by atoms with E-state index in [1.807, 2.05) is 0 Å². The minimum absolute atomic E-state index is 0.158. The molecule has 1 aromatic heterocycles. The number of carbonyl (C=O) groups is 1. The maximum Gasteiger partial charge on any atom is 0.432 e. The van der Waals surface area contributed by atoms with Gasteiger partial charge in [-0.1, -0.05) is 30.3 Å². The van der Waals surface area contributed by atoms with Crippen LogP contribution in [0.3, 0.4) is 0 Å². The lowest BCUT2D eigenvalue weighted by Crippen LogP contribution is -2.40. The number of hydrogen-bond donors (Lipinski definition) is 2. The molecule has 3 rings (SSSR count).